The van der Waals surface area contributed by atoms with Crippen LogP contribution >= 0.6 is 0 Å². The van der Waals surface area contributed by atoms with Crippen molar-refractivity contribution in [3.8, 4) is 0 Å². The number of alkyl halides is 3. The Morgan fingerprint density at radius 2 is 2.00 bits per heavy atom. The van der Waals surface area contributed by atoms with E-state index in [2.05, 4.69) is 5.32 Å². The van der Waals surface area contributed by atoms with E-state index in [1.54, 1.807) is 13.1 Å². The second kappa shape index (κ2) is 4.53. The number of nitrogens with two attached hydrogens (primary N) is 1. The number of anilines is 1. The monoisotopic (exact) mass is 218 g/mol. The van der Waals surface area contributed by atoms with Gasteiger partial charge in [-0.2, -0.15) is 13.2 Å². The van der Waals surface area contributed by atoms with Crippen LogP contribution in [0.1, 0.15) is 11.1 Å². The van der Waals surface area contributed by atoms with Crippen LogP contribution in [0, 0.1) is 0 Å². The Kier molecular flexibility index (Phi) is 3.57. The summed E-state index contributed by atoms with van der Waals surface area (Å²) in [6.45, 7) is 0.603. The number of halogens is 3. The first kappa shape index (κ1) is 11.8. The highest BCUT2D eigenvalue weighted by atomic mass is 19.4. The first-order valence-corrected chi connectivity index (χ1v) is 4.56. The van der Waals surface area contributed by atoms with Gasteiger partial charge in [-0.3, -0.25) is 0 Å². The molecule has 1 rings (SSSR count). The molecule has 5 heteroatoms. The van der Waals surface area contributed by atoms with Crippen molar-refractivity contribution in [1.82, 2.24) is 5.32 Å². The number of para-hydroxylation sites is 1. The number of likely N-dealkylation sites (N-methyl/N-ethyl adjacent to an activating group) is 1. The summed E-state index contributed by atoms with van der Waals surface area (Å²) in [5, 5.41) is 2.86. The van der Waals surface area contributed by atoms with Crippen LogP contribution in [0.25, 0.3) is 0 Å². The molecular formula is C10H13F3N2. The summed E-state index contributed by atoms with van der Waals surface area (Å²) in [6.07, 6.45) is -3.88. The maximum absolute atomic E-state index is 12.5. The minimum Gasteiger partial charge on any atom is -0.398 e. The normalized spacial score (nSPS) is 11.7. The average Bonchev–Trinajstić information content (AvgIpc) is 2.14. The fraction of sp³-hybridized carbons (Fsp3) is 0.400. The molecule has 0 unspecified atom stereocenters. The zero-order valence-corrected chi connectivity index (χ0v) is 8.36. The van der Waals surface area contributed by atoms with Gasteiger partial charge in [-0.1, -0.05) is 12.1 Å². The molecule has 0 bridgehead atoms. The molecule has 0 atom stereocenters. The third-order valence-corrected chi connectivity index (χ3v) is 2.15. The Labute approximate surface area is 86.3 Å². The van der Waals surface area contributed by atoms with E-state index in [1.165, 1.54) is 6.07 Å². The van der Waals surface area contributed by atoms with Gasteiger partial charge in [0.05, 0.1) is 5.56 Å². The zero-order valence-electron chi connectivity index (χ0n) is 8.36. The highest BCUT2D eigenvalue weighted by molar-refractivity contribution is 5.55. The maximum atomic E-state index is 12.5. The lowest BCUT2D eigenvalue weighted by Gasteiger charge is -2.13. The minimum absolute atomic E-state index is 0.166. The third kappa shape index (κ3) is 2.86. The lowest BCUT2D eigenvalue weighted by atomic mass is 10.0. The molecule has 1 aromatic carbocycles. The van der Waals surface area contributed by atoms with Gasteiger partial charge in [0.1, 0.15) is 0 Å². The molecule has 0 heterocycles. The van der Waals surface area contributed by atoms with E-state index in [-0.39, 0.29) is 5.69 Å². The Morgan fingerprint density at radius 3 is 2.53 bits per heavy atom. The first-order valence-electron chi connectivity index (χ1n) is 4.56. The van der Waals surface area contributed by atoms with E-state index in [1.807, 2.05) is 0 Å². The van der Waals surface area contributed by atoms with E-state index in [0.29, 0.717) is 18.5 Å². The third-order valence-electron chi connectivity index (χ3n) is 2.15. The Morgan fingerprint density at radius 1 is 1.33 bits per heavy atom. The molecule has 0 amide bonds. The fourth-order valence-electron chi connectivity index (χ4n) is 1.34. The van der Waals surface area contributed by atoms with E-state index in [0.717, 1.165) is 6.07 Å². The number of hydrogen-bond donors (Lipinski definition) is 2. The summed E-state index contributed by atoms with van der Waals surface area (Å²) < 4.78 is 37.4. The number of rotatable bonds is 3. The largest absolute Gasteiger partial charge is 0.418 e. The molecule has 0 radical (unpaired) electrons. The molecule has 0 aliphatic heterocycles. The van der Waals surface area contributed by atoms with E-state index in [4.69, 9.17) is 5.73 Å². The fourth-order valence-corrected chi connectivity index (χ4v) is 1.34. The molecule has 0 saturated heterocycles. The van der Waals surface area contributed by atoms with Crippen molar-refractivity contribution in [1.29, 1.82) is 0 Å². The van der Waals surface area contributed by atoms with Crippen LogP contribution in [0.5, 0.6) is 0 Å². The lowest BCUT2D eigenvalue weighted by molar-refractivity contribution is -0.136. The second-order valence-corrected chi connectivity index (χ2v) is 3.23. The molecule has 3 N–H and O–H groups in total. The topological polar surface area (TPSA) is 38.0 Å². The predicted molar refractivity (Wildman–Crippen MR) is 53.5 cm³/mol. The summed E-state index contributed by atoms with van der Waals surface area (Å²) in [7, 11) is 1.74. The van der Waals surface area contributed by atoms with Crippen molar-refractivity contribution in [3.05, 3.63) is 29.3 Å². The van der Waals surface area contributed by atoms with Crippen molar-refractivity contribution in [2.24, 2.45) is 0 Å². The average molecular weight is 218 g/mol. The van der Waals surface area contributed by atoms with Gasteiger partial charge in [0.2, 0.25) is 0 Å². The molecule has 0 fully saturated rings. The number of hydrogen-bond acceptors (Lipinski definition) is 2. The number of nitrogen functional groups attached to an aromatic ring is 1. The van der Waals surface area contributed by atoms with Crippen LogP contribution in [-0.4, -0.2) is 13.6 Å². The van der Waals surface area contributed by atoms with Gasteiger partial charge in [-0.25, -0.2) is 0 Å². The minimum atomic E-state index is -4.38. The molecule has 0 aromatic heterocycles. The van der Waals surface area contributed by atoms with Gasteiger partial charge in [-0.15, -0.1) is 0 Å². The standard InChI is InChI=1S/C10H13F3N2/c1-15-6-5-7-3-2-4-8(9(7)14)10(11,12)13/h2-4,15H,5-6,14H2,1H3. The molecular weight excluding hydrogens is 205 g/mol. The summed E-state index contributed by atoms with van der Waals surface area (Å²) in [4.78, 5) is 0. The quantitative estimate of drug-likeness (QED) is 0.762. The summed E-state index contributed by atoms with van der Waals surface area (Å²) >= 11 is 0. The number of benzene rings is 1. The summed E-state index contributed by atoms with van der Waals surface area (Å²) in [5.74, 6) is 0. The van der Waals surface area contributed by atoms with Crippen molar-refractivity contribution in [2.45, 2.75) is 12.6 Å². The SMILES string of the molecule is CNCCc1cccc(C(F)(F)F)c1N. The second-order valence-electron chi connectivity index (χ2n) is 3.23. The predicted octanol–water partition coefficient (Wildman–Crippen LogP) is 2.05. The summed E-state index contributed by atoms with van der Waals surface area (Å²) in [6, 6.07) is 3.99. The van der Waals surface area contributed by atoms with Crippen molar-refractivity contribution >= 4 is 5.69 Å². The highest BCUT2D eigenvalue weighted by Gasteiger charge is 2.33. The van der Waals surface area contributed by atoms with Gasteiger partial charge in [0, 0.05) is 5.69 Å². The van der Waals surface area contributed by atoms with Crippen molar-refractivity contribution < 1.29 is 13.2 Å². The molecule has 15 heavy (non-hydrogen) atoms. The van der Waals surface area contributed by atoms with Crippen molar-refractivity contribution in [3.63, 3.8) is 0 Å². The first-order chi connectivity index (χ1) is 6.96. The van der Waals surface area contributed by atoms with Gasteiger partial charge in [0.25, 0.3) is 0 Å². The number of nitrogens with one attached hydrogen (secondary N) is 1. The Hall–Kier alpha value is -1.23. The molecule has 1 aromatic rings. The van der Waals surface area contributed by atoms with E-state index in [9.17, 15) is 13.2 Å². The molecule has 0 saturated carbocycles. The lowest BCUT2D eigenvalue weighted by Crippen LogP contribution is -2.14. The molecule has 2 nitrogen and oxygen atoms in total. The Bertz CT molecular complexity index is 334. The maximum Gasteiger partial charge on any atom is 0.418 e. The summed E-state index contributed by atoms with van der Waals surface area (Å²) in [5.41, 5.74) is 5.07. The van der Waals surface area contributed by atoms with Crippen molar-refractivity contribution in [2.75, 3.05) is 19.3 Å². The Balaban J connectivity index is 3.01. The molecule has 0 spiro atoms. The van der Waals surface area contributed by atoms with Gasteiger partial charge in [-0.05, 0) is 31.6 Å². The molecule has 0 aliphatic rings. The van der Waals surface area contributed by atoms with E-state index >= 15 is 0 Å². The van der Waals surface area contributed by atoms with E-state index < -0.39 is 11.7 Å². The van der Waals surface area contributed by atoms with Crippen LogP contribution < -0.4 is 11.1 Å². The smallest absolute Gasteiger partial charge is 0.398 e. The van der Waals surface area contributed by atoms with Crippen LogP contribution in [0.15, 0.2) is 18.2 Å². The van der Waals surface area contributed by atoms with Gasteiger partial charge >= 0.3 is 6.18 Å². The highest BCUT2D eigenvalue weighted by Crippen LogP contribution is 2.34. The van der Waals surface area contributed by atoms with Crippen LogP contribution in [-0.2, 0) is 12.6 Å². The molecule has 84 valence electrons. The van der Waals surface area contributed by atoms with Crippen LogP contribution in [0.3, 0.4) is 0 Å². The van der Waals surface area contributed by atoms with Gasteiger partial charge in [0.15, 0.2) is 0 Å². The van der Waals surface area contributed by atoms with Crippen LogP contribution in [0.4, 0.5) is 18.9 Å². The molecule has 0 aliphatic carbocycles. The van der Waals surface area contributed by atoms with Gasteiger partial charge < -0.3 is 11.1 Å². The van der Waals surface area contributed by atoms with Crippen LogP contribution in [0.2, 0.25) is 0 Å². The zero-order chi connectivity index (χ0) is 11.5.